The highest BCUT2D eigenvalue weighted by Crippen LogP contribution is 2.25. The first kappa shape index (κ1) is 16.0. The molecular weight excluding hydrogens is 379 g/mol. The summed E-state index contributed by atoms with van der Waals surface area (Å²) in [7, 11) is 0. The Labute approximate surface area is 139 Å². The second-order valence-electron chi connectivity index (χ2n) is 4.08. The molecule has 0 fully saturated rings. The number of carbonyl (C=O) groups excluding carboxylic acids is 2. The van der Waals surface area contributed by atoms with E-state index in [1.165, 1.54) is 12.1 Å². The zero-order valence-electron chi connectivity index (χ0n) is 10.6. The van der Waals surface area contributed by atoms with Gasteiger partial charge in [-0.25, -0.2) is 4.79 Å². The van der Waals surface area contributed by atoms with Crippen LogP contribution in [0.2, 0.25) is 10.0 Å². The van der Waals surface area contributed by atoms with Crippen molar-refractivity contribution in [2.45, 2.75) is 0 Å². The van der Waals surface area contributed by atoms with Crippen LogP contribution in [0.25, 0.3) is 0 Å². The van der Waals surface area contributed by atoms with Crippen LogP contribution in [0.1, 0.15) is 20.7 Å². The van der Waals surface area contributed by atoms with Crippen LogP contribution >= 0.6 is 39.1 Å². The highest BCUT2D eigenvalue weighted by Gasteiger charge is 2.18. The van der Waals surface area contributed by atoms with Crippen LogP contribution in [0.5, 0.6) is 0 Å². The Morgan fingerprint density at radius 1 is 1.00 bits per heavy atom. The number of rotatable bonds is 4. The topological polar surface area (TPSA) is 43.4 Å². The molecule has 0 bridgehead atoms. The second-order valence-corrected chi connectivity index (χ2v) is 5.74. The second kappa shape index (κ2) is 7.07. The molecule has 2 aromatic rings. The van der Waals surface area contributed by atoms with E-state index in [2.05, 4.69) is 15.9 Å². The van der Waals surface area contributed by atoms with E-state index in [0.29, 0.717) is 10.0 Å². The summed E-state index contributed by atoms with van der Waals surface area (Å²) in [6.45, 7) is -0.386. The Hall–Kier alpha value is -1.36. The number of benzene rings is 2. The van der Waals surface area contributed by atoms with Crippen LogP contribution in [-0.4, -0.2) is 18.4 Å². The smallest absolute Gasteiger partial charge is 0.341 e. The van der Waals surface area contributed by atoms with Crippen molar-refractivity contribution in [2.75, 3.05) is 6.61 Å². The molecule has 0 atom stereocenters. The van der Waals surface area contributed by atoms with Crippen LogP contribution in [0.4, 0.5) is 0 Å². The Kier molecular flexibility index (Phi) is 5.39. The minimum atomic E-state index is -0.731. The van der Waals surface area contributed by atoms with E-state index in [0.717, 1.165) is 0 Å². The molecular formula is C15H9BrCl2O3. The molecule has 2 rings (SSSR count). The van der Waals surface area contributed by atoms with Crippen LogP contribution < -0.4 is 0 Å². The number of hydrogen-bond acceptors (Lipinski definition) is 3. The molecule has 0 aliphatic rings. The molecule has 2 aromatic carbocycles. The van der Waals surface area contributed by atoms with Crippen molar-refractivity contribution >= 4 is 50.9 Å². The third-order valence-electron chi connectivity index (χ3n) is 2.68. The molecule has 0 saturated heterocycles. The predicted octanol–water partition coefficient (Wildman–Crippen LogP) is 4.80. The number of esters is 1. The summed E-state index contributed by atoms with van der Waals surface area (Å²) < 4.78 is 5.62. The molecule has 0 N–H and O–H groups in total. The van der Waals surface area contributed by atoms with E-state index in [1.807, 2.05) is 0 Å². The quantitative estimate of drug-likeness (QED) is 0.559. The van der Waals surface area contributed by atoms with E-state index < -0.39 is 5.97 Å². The number of ether oxygens (including phenoxy) is 1. The minimum absolute atomic E-state index is 0.0563. The van der Waals surface area contributed by atoms with Gasteiger partial charge in [-0.05, 0) is 18.2 Å². The van der Waals surface area contributed by atoms with E-state index in [4.69, 9.17) is 27.9 Å². The van der Waals surface area contributed by atoms with Crippen molar-refractivity contribution in [1.29, 1.82) is 0 Å². The van der Waals surface area contributed by atoms with Gasteiger partial charge in [-0.15, -0.1) is 0 Å². The van der Waals surface area contributed by atoms with E-state index in [1.54, 1.807) is 30.3 Å². The summed E-state index contributed by atoms with van der Waals surface area (Å²) in [6.07, 6.45) is 0. The van der Waals surface area contributed by atoms with E-state index in [-0.39, 0.29) is 28.0 Å². The first-order chi connectivity index (χ1) is 10.0. The first-order valence-electron chi connectivity index (χ1n) is 5.89. The molecule has 0 spiro atoms. The lowest BCUT2D eigenvalue weighted by Gasteiger charge is -2.08. The summed E-state index contributed by atoms with van der Waals surface area (Å²) in [5.41, 5.74) is 0.497. The SMILES string of the molecule is O=C(COC(=O)c1c(Cl)cccc1Cl)c1ccccc1Br. The van der Waals surface area contributed by atoms with Gasteiger partial charge in [0.2, 0.25) is 5.78 Å². The van der Waals surface area contributed by atoms with Gasteiger partial charge in [-0.1, -0.05) is 63.4 Å². The maximum Gasteiger partial charge on any atom is 0.341 e. The highest BCUT2D eigenvalue weighted by atomic mass is 79.9. The molecule has 0 radical (unpaired) electrons. The van der Waals surface area contributed by atoms with Crippen molar-refractivity contribution in [2.24, 2.45) is 0 Å². The van der Waals surface area contributed by atoms with Gasteiger partial charge < -0.3 is 4.74 Å². The average molecular weight is 388 g/mol. The van der Waals surface area contributed by atoms with Gasteiger partial charge in [-0.3, -0.25) is 4.79 Å². The fourth-order valence-corrected chi connectivity index (χ4v) is 2.72. The maximum atomic E-state index is 12.0. The van der Waals surface area contributed by atoms with Crippen LogP contribution in [0, 0.1) is 0 Å². The Bertz CT molecular complexity index is 681. The van der Waals surface area contributed by atoms with Crippen LogP contribution in [0.3, 0.4) is 0 Å². The van der Waals surface area contributed by atoms with Crippen molar-refractivity contribution in [3.05, 3.63) is 68.1 Å². The van der Waals surface area contributed by atoms with Crippen molar-refractivity contribution in [3.8, 4) is 0 Å². The van der Waals surface area contributed by atoms with Gasteiger partial charge in [-0.2, -0.15) is 0 Å². The molecule has 3 nitrogen and oxygen atoms in total. The number of ketones is 1. The lowest BCUT2D eigenvalue weighted by molar-refractivity contribution is 0.0475. The number of hydrogen-bond donors (Lipinski definition) is 0. The summed E-state index contributed by atoms with van der Waals surface area (Å²) in [4.78, 5) is 23.9. The Morgan fingerprint density at radius 2 is 1.62 bits per heavy atom. The standard InChI is InChI=1S/C15H9BrCl2O3/c16-10-5-2-1-4-9(10)13(19)8-21-15(20)14-11(17)6-3-7-12(14)18/h1-7H,8H2. The van der Waals surface area contributed by atoms with E-state index in [9.17, 15) is 9.59 Å². The summed E-state index contributed by atoms with van der Waals surface area (Å²) in [5.74, 6) is -1.05. The molecule has 0 amide bonds. The molecule has 0 aliphatic carbocycles. The first-order valence-corrected chi connectivity index (χ1v) is 7.44. The fourth-order valence-electron chi connectivity index (χ4n) is 1.66. The summed E-state index contributed by atoms with van der Waals surface area (Å²) in [5, 5.41) is 0.363. The van der Waals surface area contributed by atoms with E-state index >= 15 is 0 Å². The predicted molar refractivity (Wildman–Crippen MR) is 85.2 cm³/mol. The molecule has 0 heterocycles. The van der Waals surface area contributed by atoms with Crippen LogP contribution in [-0.2, 0) is 4.74 Å². The van der Waals surface area contributed by atoms with Gasteiger partial charge in [0.05, 0.1) is 15.6 Å². The summed E-state index contributed by atoms with van der Waals surface area (Å²) in [6, 6.07) is 11.6. The number of carbonyl (C=O) groups is 2. The van der Waals surface area contributed by atoms with Crippen LogP contribution in [0.15, 0.2) is 46.9 Å². The Morgan fingerprint density at radius 3 is 2.24 bits per heavy atom. The van der Waals surface area contributed by atoms with Gasteiger partial charge >= 0.3 is 5.97 Å². The number of halogens is 3. The zero-order valence-corrected chi connectivity index (χ0v) is 13.7. The molecule has 0 aromatic heterocycles. The third-order valence-corrected chi connectivity index (χ3v) is 4.00. The molecule has 0 unspecified atom stereocenters. The van der Waals surface area contributed by atoms with Gasteiger partial charge in [0, 0.05) is 10.0 Å². The monoisotopic (exact) mass is 386 g/mol. The molecule has 21 heavy (non-hydrogen) atoms. The molecule has 0 saturated carbocycles. The molecule has 6 heteroatoms. The minimum Gasteiger partial charge on any atom is -0.454 e. The lowest BCUT2D eigenvalue weighted by atomic mass is 10.1. The van der Waals surface area contributed by atoms with Crippen molar-refractivity contribution < 1.29 is 14.3 Å². The Balaban J connectivity index is 2.08. The highest BCUT2D eigenvalue weighted by molar-refractivity contribution is 9.10. The maximum absolute atomic E-state index is 12.0. The molecule has 108 valence electrons. The third kappa shape index (κ3) is 3.84. The van der Waals surface area contributed by atoms with Crippen molar-refractivity contribution in [3.63, 3.8) is 0 Å². The van der Waals surface area contributed by atoms with Gasteiger partial charge in [0.25, 0.3) is 0 Å². The molecule has 0 aliphatic heterocycles. The van der Waals surface area contributed by atoms with Gasteiger partial charge in [0.1, 0.15) is 0 Å². The fraction of sp³-hybridized carbons (Fsp3) is 0.0667. The summed E-state index contributed by atoms with van der Waals surface area (Å²) >= 11 is 15.1. The zero-order chi connectivity index (χ0) is 15.4. The normalized spacial score (nSPS) is 10.2. The average Bonchev–Trinajstić information content (AvgIpc) is 2.45. The largest absolute Gasteiger partial charge is 0.454 e. The van der Waals surface area contributed by atoms with Gasteiger partial charge in [0.15, 0.2) is 6.61 Å². The number of Topliss-reactive ketones (excluding diaryl/α,β-unsaturated/α-hetero) is 1. The lowest BCUT2D eigenvalue weighted by Crippen LogP contribution is -2.15. The van der Waals surface area contributed by atoms with Crippen molar-refractivity contribution in [1.82, 2.24) is 0 Å².